The molecule has 2 aromatic rings. The van der Waals surface area contributed by atoms with Crippen LogP contribution >= 0.6 is 23.1 Å². The molecular formula is C13H16N4O2S2. The molecule has 0 unspecified atom stereocenters. The number of thioether (sulfide) groups is 1. The number of carbonyl (C=O) groups excluding carboxylic acids is 1. The van der Waals surface area contributed by atoms with E-state index in [0.717, 1.165) is 27.9 Å². The fourth-order valence-electron chi connectivity index (χ4n) is 1.54. The molecule has 8 heteroatoms. The molecule has 3 N–H and O–H groups in total. The molecule has 112 valence electrons. The molecule has 1 heterocycles. The van der Waals surface area contributed by atoms with Crippen LogP contribution in [0.4, 0.5) is 16.5 Å². The number of hydrogen-bond donors (Lipinski definition) is 3. The van der Waals surface area contributed by atoms with Crippen LogP contribution in [0.25, 0.3) is 0 Å². The molecule has 0 aliphatic carbocycles. The highest BCUT2D eigenvalue weighted by molar-refractivity contribution is 8.01. The van der Waals surface area contributed by atoms with Crippen molar-refractivity contribution in [2.45, 2.75) is 17.7 Å². The summed E-state index contributed by atoms with van der Waals surface area (Å²) in [5.74, 6) is 0.717. The second-order valence-corrected chi connectivity index (χ2v) is 6.51. The Morgan fingerprint density at radius 1 is 1.38 bits per heavy atom. The van der Waals surface area contributed by atoms with Crippen LogP contribution in [0.5, 0.6) is 0 Å². The van der Waals surface area contributed by atoms with Crippen LogP contribution in [0.3, 0.4) is 0 Å². The van der Waals surface area contributed by atoms with Gasteiger partial charge in [0, 0.05) is 30.7 Å². The minimum atomic E-state index is -0.106. The van der Waals surface area contributed by atoms with Crippen LogP contribution in [0.15, 0.2) is 28.6 Å². The number of nitrogens with zero attached hydrogens (tertiary/aromatic N) is 2. The zero-order chi connectivity index (χ0) is 15.1. The van der Waals surface area contributed by atoms with Gasteiger partial charge in [0.1, 0.15) is 0 Å². The first-order chi connectivity index (χ1) is 10.2. The molecule has 0 saturated heterocycles. The standard InChI is InChI=1S/C13H16N4O2S2/c1-9(19)14-10-4-2-5-11(8-10)15-12-16-17-13(21-12)20-7-3-6-18/h2,4-5,8,18H,3,6-7H2,1H3,(H,14,19)(H,15,16). The van der Waals surface area contributed by atoms with Gasteiger partial charge in [-0.2, -0.15) is 0 Å². The molecule has 21 heavy (non-hydrogen) atoms. The number of nitrogens with one attached hydrogen (secondary N) is 2. The topological polar surface area (TPSA) is 87.1 Å². The lowest BCUT2D eigenvalue weighted by Crippen LogP contribution is -2.05. The number of aliphatic hydroxyl groups excluding tert-OH is 1. The van der Waals surface area contributed by atoms with Gasteiger partial charge in [-0.05, 0) is 24.6 Å². The highest BCUT2D eigenvalue weighted by Gasteiger charge is 2.05. The van der Waals surface area contributed by atoms with E-state index in [1.54, 1.807) is 11.8 Å². The third-order valence-corrected chi connectivity index (χ3v) is 4.43. The van der Waals surface area contributed by atoms with Crippen molar-refractivity contribution in [3.63, 3.8) is 0 Å². The summed E-state index contributed by atoms with van der Waals surface area (Å²) in [7, 11) is 0. The first kappa shape index (κ1) is 15.7. The van der Waals surface area contributed by atoms with E-state index >= 15 is 0 Å². The van der Waals surface area contributed by atoms with E-state index in [1.165, 1.54) is 18.3 Å². The Morgan fingerprint density at radius 2 is 2.19 bits per heavy atom. The van der Waals surface area contributed by atoms with Gasteiger partial charge in [-0.1, -0.05) is 29.2 Å². The lowest BCUT2D eigenvalue weighted by molar-refractivity contribution is -0.114. The van der Waals surface area contributed by atoms with Gasteiger partial charge in [0.2, 0.25) is 11.0 Å². The summed E-state index contributed by atoms with van der Waals surface area (Å²) in [5.41, 5.74) is 1.57. The maximum atomic E-state index is 11.0. The Labute approximate surface area is 131 Å². The van der Waals surface area contributed by atoms with Gasteiger partial charge in [-0.25, -0.2) is 0 Å². The number of rotatable bonds is 7. The highest BCUT2D eigenvalue weighted by Crippen LogP contribution is 2.28. The number of benzene rings is 1. The third kappa shape index (κ3) is 5.33. The number of aliphatic hydroxyl groups is 1. The summed E-state index contributed by atoms with van der Waals surface area (Å²) < 4.78 is 0.865. The number of hydrogen-bond acceptors (Lipinski definition) is 7. The SMILES string of the molecule is CC(=O)Nc1cccc(Nc2nnc(SCCCO)s2)c1. The Morgan fingerprint density at radius 3 is 2.95 bits per heavy atom. The first-order valence-electron chi connectivity index (χ1n) is 6.39. The van der Waals surface area contributed by atoms with E-state index in [1.807, 2.05) is 24.3 Å². The quantitative estimate of drug-likeness (QED) is 0.536. The molecule has 2 rings (SSSR count). The minimum Gasteiger partial charge on any atom is -0.396 e. The second kappa shape index (κ2) is 7.96. The highest BCUT2D eigenvalue weighted by atomic mass is 32.2. The van der Waals surface area contributed by atoms with Crippen LogP contribution in [0.1, 0.15) is 13.3 Å². The molecule has 0 aliphatic rings. The molecule has 1 amide bonds. The molecule has 0 saturated carbocycles. The second-order valence-electron chi connectivity index (χ2n) is 4.19. The van der Waals surface area contributed by atoms with Crippen molar-refractivity contribution in [2.75, 3.05) is 23.0 Å². The van der Waals surface area contributed by atoms with Gasteiger partial charge in [0.15, 0.2) is 4.34 Å². The molecule has 1 aromatic carbocycles. The summed E-state index contributed by atoms with van der Waals surface area (Å²) in [4.78, 5) is 11.0. The molecule has 0 atom stereocenters. The smallest absolute Gasteiger partial charge is 0.221 e. The Hall–Kier alpha value is -1.64. The number of carbonyl (C=O) groups is 1. The van der Waals surface area contributed by atoms with Crippen LogP contribution in [-0.2, 0) is 4.79 Å². The van der Waals surface area contributed by atoms with Crippen LogP contribution in [0.2, 0.25) is 0 Å². The summed E-state index contributed by atoms with van der Waals surface area (Å²) in [6, 6.07) is 7.40. The number of amides is 1. The Balaban J connectivity index is 1.96. The summed E-state index contributed by atoms with van der Waals surface area (Å²) in [6.07, 6.45) is 0.742. The summed E-state index contributed by atoms with van der Waals surface area (Å²) in [6.45, 7) is 1.66. The number of aromatic nitrogens is 2. The van der Waals surface area contributed by atoms with E-state index in [4.69, 9.17) is 5.11 Å². The third-order valence-electron chi connectivity index (χ3n) is 2.37. The monoisotopic (exact) mass is 324 g/mol. The molecule has 0 radical (unpaired) electrons. The fraction of sp³-hybridized carbons (Fsp3) is 0.308. The van der Waals surface area contributed by atoms with Gasteiger partial charge in [-0.3, -0.25) is 4.79 Å². The first-order valence-corrected chi connectivity index (χ1v) is 8.19. The molecule has 0 spiro atoms. The molecule has 0 aliphatic heterocycles. The molecule has 1 aromatic heterocycles. The average molecular weight is 324 g/mol. The van der Waals surface area contributed by atoms with E-state index in [0.29, 0.717) is 5.13 Å². The van der Waals surface area contributed by atoms with E-state index in [9.17, 15) is 4.79 Å². The lowest BCUT2D eigenvalue weighted by atomic mass is 10.3. The van der Waals surface area contributed by atoms with Crippen molar-refractivity contribution in [3.8, 4) is 0 Å². The lowest BCUT2D eigenvalue weighted by Gasteiger charge is -2.05. The van der Waals surface area contributed by atoms with Crippen molar-refractivity contribution in [1.82, 2.24) is 10.2 Å². The molecular weight excluding hydrogens is 308 g/mol. The van der Waals surface area contributed by atoms with Crippen molar-refractivity contribution < 1.29 is 9.90 Å². The van der Waals surface area contributed by atoms with E-state index < -0.39 is 0 Å². The van der Waals surface area contributed by atoms with Gasteiger partial charge in [0.05, 0.1) is 0 Å². The molecule has 0 fully saturated rings. The normalized spacial score (nSPS) is 10.4. The van der Waals surface area contributed by atoms with Crippen LogP contribution in [0, 0.1) is 0 Å². The average Bonchev–Trinajstić information content (AvgIpc) is 2.86. The summed E-state index contributed by atoms with van der Waals surface area (Å²) in [5, 5.41) is 23.5. The zero-order valence-corrected chi connectivity index (χ0v) is 13.1. The van der Waals surface area contributed by atoms with E-state index in [-0.39, 0.29) is 12.5 Å². The maximum Gasteiger partial charge on any atom is 0.221 e. The fourth-order valence-corrected chi connectivity index (χ4v) is 3.31. The van der Waals surface area contributed by atoms with Crippen molar-refractivity contribution in [1.29, 1.82) is 0 Å². The Bertz CT molecular complexity index is 603. The molecule has 0 bridgehead atoms. The van der Waals surface area contributed by atoms with Crippen LogP contribution in [-0.4, -0.2) is 33.6 Å². The predicted molar refractivity (Wildman–Crippen MR) is 86.4 cm³/mol. The van der Waals surface area contributed by atoms with Crippen molar-refractivity contribution >= 4 is 45.5 Å². The van der Waals surface area contributed by atoms with Gasteiger partial charge in [0.25, 0.3) is 0 Å². The van der Waals surface area contributed by atoms with Crippen molar-refractivity contribution in [2.24, 2.45) is 0 Å². The predicted octanol–water partition coefficient (Wildman–Crippen LogP) is 2.71. The minimum absolute atomic E-state index is 0.106. The van der Waals surface area contributed by atoms with E-state index in [2.05, 4.69) is 20.8 Å². The Kier molecular flexibility index (Phi) is 5.97. The van der Waals surface area contributed by atoms with Crippen LogP contribution < -0.4 is 10.6 Å². The van der Waals surface area contributed by atoms with Gasteiger partial charge >= 0.3 is 0 Å². The van der Waals surface area contributed by atoms with Gasteiger partial charge in [-0.15, -0.1) is 10.2 Å². The maximum absolute atomic E-state index is 11.0. The molecule has 6 nitrogen and oxygen atoms in total. The zero-order valence-electron chi connectivity index (χ0n) is 11.5. The summed E-state index contributed by atoms with van der Waals surface area (Å²) >= 11 is 3.03. The van der Waals surface area contributed by atoms with Crippen molar-refractivity contribution in [3.05, 3.63) is 24.3 Å². The largest absolute Gasteiger partial charge is 0.396 e. The van der Waals surface area contributed by atoms with Gasteiger partial charge < -0.3 is 15.7 Å². The number of anilines is 3.